The molecule has 1 aliphatic rings. The van der Waals surface area contributed by atoms with E-state index in [4.69, 9.17) is 14.2 Å². The number of hydrogen-bond donors (Lipinski definition) is 6. The quantitative estimate of drug-likeness (QED) is 0.0195. The number of carbonyl (C=O) groups is 2. The van der Waals surface area contributed by atoms with Crippen molar-refractivity contribution in [3.63, 3.8) is 0 Å². The second-order valence-corrected chi connectivity index (χ2v) is 23.2. The lowest BCUT2D eigenvalue weighted by Crippen LogP contribution is -2.60. The van der Waals surface area contributed by atoms with E-state index >= 15 is 0 Å². The molecule has 11 nitrogen and oxygen atoms in total. The maximum atomic E-state index is 13.0. The zero-order chi connectivity index (χ0) is 57.3. The summed E-state index contributed by atoms with van der Waals surface area (Å²) >= 11 is 0. The number of rotatable bonds is 58. The summed E-state index contributed by atoms with van der Waals surface area (Å²) in [6.45, 7) is 4.30. The lowest BCUT2D eigenvalue weighted by molar-refractivity contribution is -0.302. The summed E-state index contributed by atoms with van der Waals surface area (Å²) < 4.78 is 16.7. The van der Waals surface area contributed by atoms with E-state index in [1.807, 2.05) is 6.08 Å². The Morgan fingerprint density at radius 3 is 1.30 bits per heavy atom. The molecule has 0 aromatic heterocycles. The molecule has 7 atom stereocenters. The molecule has 0 bridgehead atoms. The van der Waals surface area contributed by atoms with Gasteiger partial charge in [-0.15, -0.1) is 0 Å². The van der Waals surface area contributed by atoms with Crippen LogP contribution in [0.25, 0.3) is 0 Å². The molecular formula is C68H125NO10. The van der Waals surface area contributed by atoms with Crippen molar-refractivity contribution >= 4 is 11.9 Å². The van der Waals surface area contributed by atoms with Crippen LogP contribution in [-0.4, -0.2) is 100 Å². The number of ether oxygens (including phenoxy) is 3. The van der Waals surface area contributed by atoms with Crippen LogP contribution in [0.1, 0.15) is 309 Å². The SMILES string of the molecule is CCCCCC/C=C\C/C=C\CCCCCCCC(=O)OCCCCCCCCCCCCCC/C=C\CCCCCCCCCCCCC(=O)NC(COC1OC(CO)C(O)C(O)C1O)C(O)/C=C/CCCCCCCCC. The number of carbonyl (C=O) groups excluding carboxylic acids is 2. The number of esters is 1. The van der Waals surface area contributed by atoms with Gasteiger partial charge in [0.1, 0.15) is 24.4 Å². The summed E-state index contributed by atoms with van der Waals surface area (Å²) in [4.78, 5) is 25.1. The van der Waals surface area contributed by atoms with Crippen molar-refractivity contribution in [2.45, 2.75) is 352 Å². The molecular weight excluding hydrogens is 991 g/mol. The van der Waals surface area contributed by atoms with Crippen molar-refractivity contribution in [1.29, 1.82) is 0 Å². The molecule has 0 saturated carbocycles. The molecule has 1 saturated heterocycles. The maximum Gasteiger partial charge on any atom is 0.305 e. The van der Waals surface area contributed by atoms with E-state index in [2.05, 4.69) is 55.6 Å². The van der Waals surface area contributed by atoms with E-state index in [1.54, 1.807) is 6.08 Å². The lowest BCUT2D eigenvalue weighted by atomic mass is 9.99. The normalized spacial score (nSPS) is 18.7. The minimum Gasteiger partial charge on any atom is -0.466 e. The second kappa shape index (κ2) is 57.4. The minimum atomic E-state index is -1.57. The van der Waals surface area contributed by atoms with Crippen LogP contribution < -0.4 is 5.32 Å². The summed E-state index contributed by atoms with van der Waals surface area (Å²) in [7, 11) is 0. The Morgan fingerprint density at radius 2 is 0.848 bits per heavy atom. The second-order valence-electron chi connectivity index (χ2n) is 23.2. The van der Waals surface area contributed by atoms with Crippen molar-refractivity contribution < 1.29 is 49.3 Å². The molecule has 0 aromatic carbocycles. The van der Waals surface area contributed by atoms with Gasteiger partial charge in [-0.1, -0.05) is 255 Å². The number of amides is 1. The first kappa shape index (κ1) is 74.6. The van der Waals surface area contributed by atoms with E-state index in [-0.39, 0.29) is 18.5 Å². The van der Waals surface area contributed by atoms with Crippen molar-refractivity contribution in [2.24, 2.45) is 0 Å². The van der Waals surface area contributed by atoms with E-state index < -0.39 is 49.5 Å². The molecule has 0 aliphatic carbocycles. The first-order valence-electron chi connectivity index (χ1n) is 33.4. The summed E-state index contributed by atoms with van der Waals surface area (Å²) in [6.07, 6.45) is 63.8. The van der Waals surface area contributed by atoms with Gasteiger partial charge in [0.25, 0.3) is 0 Å². The maximum absolute atomic E-state index is 13.0. The van der Waals surface area contributed by atoms with Crippen LogP contribution in [0.4, 0.5) is 0 Å². The highest BCUT2D eigenvalue weighted by molar-refractivity contribution is 5.76. The Labute approximate surface area is 485 Å². The summed E-state index contributed by atoms with van der Waals surface area (Å²) in [5.74, 6) is -0.195. The van der Waals surface area contributed by atoms with Crippen molar-refractivity contribution in [1.82, 2.24) is 5.32 Å². The van der Waals surface area contributed by atoms with Crippen LogP contribution in [0.3, 0.4) is 0 Å². The molecule has 1 aliphatic heterocycles. The largest absolute Gasteiger partial charge is 0.466 e. The van der Waals surface area contributed by atoms with Gasteiger partial charge in [-0.2, -0.15) is 0 Å². The van der Waals surface area contributed by atoms with Gasteiger partial charge in [-0.3, -0.25) is 9.59 Å². The lowest BCUT2D eigenvalue weighted by Gasteiger charge is -2.40. The van der Waals surface area contributed by atoms with Crippen molar-refractivity contribution in [3.8, 4) is 0 Å². The molecule has 6 N–H and O–H groups in total. The Balaban J connectivity index is 1.95. The molecule has 1 amide bonds. The molecule has 0 spiro atoms. The van der Waals surface area contributed by atoms with Gasteiger partial charge in [-0.25, -0.2) is 0 Å². The van der Waals surface area contributed by atoms with E-state index in [0.29, 0.717) is 19.4 Å². The highest BCUT2D eigenvalue weighted by atomic mass is 16.7. The third-order valence-electron chi connectivity index (χ3n) is 15.7. The fourth-order valence-electron chi connectivity index (χ4n) is 10.3. The first-order valence-corrected chi connectivity index (χ1v) is 33.4. The molecule has 1 heterocycles. The van der Waals surface area contributed by atoms with Gasteiger partial charge < -0.3 is 45.1 Å². The van der Waals surface area contributed by atoms with Gasteiger partial charge in [-0.05, 0) is 89.9 Å². The molecule has 0 radical (unpaired) electrons. The topological polar surface area (TPSA) is 175 Å². The van der Waals surface area contributed by atoms with E-state index in [9.17, 15) is 35.1 Å². The highest BCUT2D eigenvalue weighted by Crippen LogP contribution is 2.23. The Kier molecular flexibility index (Phi) is 54.3. The van der Waals surface area contributed by atoms with Gasteiger partial charge in [0.05, 0.1) is 32.0 Å². The van der Waals surface area contributed by atoms with Crippen LogP contribution in [0.2, 0.25) is 0 Å². The number of unbranched alkanes of at least 4 members (excludes halogenated alkanes) is 38. The zero-order valence-corrected chi connectivity index (χ0v) is 51.1. The summed E-state index contributed by atoms with van der Waals surface area (Å²) in [5.41, 5.74) is 0. The van der Waals surface area contributed by atoms with Crippen LogP contribution in [0, 0.1) is 0 Å². The number of aliphatic hydroxyl groups excluding tert-OH is 5. The third-order valence-corrected chi connectivity index (χ3v) is 15.7. The average Bonchev–Trinajstić information content (AvgIpc) is 3.47. The average molecular weight is 1120 g/mol. The Bertz CT molecular complexity index is 1450. The summed E-state index contributed by atoms with van der Waals surface area (Å²) in [5, 5.41) is 54.3. The molecule has 11 heteroatoms. The smallest absolute Gasteiger partial charge is 0.305 e. The highest BCUT2D eigenvalue weighted by Gasteiger charge is 2.44. The van der Waals surface area contributed by atoms with Crippen LogP contribution in [0.5, 0.6) is 0 Å². The van der Waals surface area contributed by atoms with Gasteiger partial charge in [0.2, 0.25) is 5.91 Å². The molecule has 462 valence electrons. The molecule has 7 unspecified atom stereocenters. The van der Waals surface area contributed by atoms with E-state index in [1.165, 1.54) is 218 Å². The zero-order valence-electron chi connectivity index (χ0n) is 51.1. The Morgan fingerprint density at radius 1 is 0.468 bits per heavy atom. The predicted molar refractivity (Wildman–Crippen MR) is 329 cm³/mol. The van der Waals surface area contributed by atoms with Crippen molar-refractivity contribution in [2.75, 3.05) is 19.8 Å². The molecule has 79 heavy (non-hydrogen) atoms. The van der Waals surface area contributed by atoms with Crippen LogP contribution >= 0.6 is 0 Å². The molecule has 0 aromatic rings. The van der Waals surface area contributed by atoms with Gasteiger partial charge in [0, 0.05) is 12.8 Å². The first-order chi connectivity index (χ1) is 38.7. The standard InChI is InChI=1S/C68H125NO10/c1-3-5-7-9-11-13-14-15-16-30-33-36-40-44-48-52-56-64(73)77-57-53-49-45-41-37-34-31-28-26-24-22-20-18-17-19-21-23-25-27-29-32-35-39-43-47-51-55-63(72)69-60(61(71)54-50-46-42-38-12-10-8-6-4-2)59-78-68-67(76)66(75)65(74)62(58-70)79-68/h13-14,16-17,19,30,50,54,60-62,65-68,70-71,74-76H,3-12,15,18,20-29,31-49,51-53,55-59H2,1-2H3,(H,69,72)/b14-13-,19-17-,30-16-,54-50+. The fourth-order valence-corrected chi connectivity index (χ4v) is 10.3. The van der Waals surface area contributed by atoms with Crippen molar-refractivity contribution in [3.05, 3.63) is 48.6 Å². The van der Waals surface area contributed by atoms with Gasteiger partial charge in [0.15, 0.2) is 6.29 Å². The van der Waals surface area contributed by atoms with Crippen LogP contribution in [-0.2, 0) is 23.8 Å². The number of hydrogen-bond acceptors (Lipinski definition) is 10. The molecule has 1 rings (SSSR count). The predicted octanol–water partition coefficient (Wildman–Crippen LogP) is 16.4. The Hall–Kier alpha value is -2.38. The number of allylic oxidation sites excluding steroid dienone is 7. The third kappa shape index (κ3) is 46.8. The molecule has 1 fully saturated rings. The van der Waals surface area contributed by atoms with Gasteiger partial charge >= 0.3 is 5.97 Å². The van der Waals surface area contributed by atoms with E-state index in [0.717, 1.165) is 64.2 Å². The number of nitrogens with one attached hydrogen (secondary N) is 1. The minimum absolute atomic E-state index is 0.00947. The van der Waals surface area contributed by atoms with Crippen LogP contribution in [0.15, 0.2) is 48.6 Å². The number of aliphatic hydroxyl groups is 5. The monoisotopic (exact) mass is 1120 g/mol. The summed E-state index contributed by atoms with van der Waals surface area (Å²) in [6, 6.07) is -0.811. The fraction of sp³-hybridized carbons (Fsp3) is 0.853.